The van der Waals surface area contributed by atoms with Gasteiger partial charge in [-0.3, -0.25) is 0 Å². The van der Waals surface area contributed by atoms with E-state index in [9.17, 15) is 0 Å². The van der Waals surface area contributed by atoms with Crippen molar-refractivity contribution >= 4 is 0 Å². The van der Waals surface area contributed by atoms with Gasteiger partial charge in [0.25, 0.3) is 0 Å². The maximum atomic E-state index is 8.60. The molecule has 0 spiro atoms. The van der Waals surface area contributed by atoms with E-state index in [-0.39, 0.29) is 0 Å². The van der Waals surface area contributed by atoms with Gasteiger partial charge in [0.15, 0.2) is 0 Å². The van der Waals surface area contributed by atoms with Gasteiger partial charge in [-0.05, 0) is 6.42 Å². The van der Waals surface area contributed by atoms with Crippen LogP contribution in [0.5, 0.6) is 0 Å². The molecule has 0 aromatic heterocycles. The molecular formula is C12H25ClN2O4. The lowest BCUT2D eigenvalue weighted by Crippen LogP contribution is -2.58. The largest absolute Gasteiger partial charge is 0.362 e. The van der Waals surface area contributed by atoms with Crippen LogP contribution in [0.1, 0.15) is 45.4 Å². The van der Waals surface area contributed by atoms with Crippen molar-refractivity contribution in [2.45, 2.75) is 45.4 Å². The summed E-state index contributed by atoms with van der Waals surface area (Å²) in [5.41, 5.74) is 0. The Labute approximate surface area is 117 Å². The van der Waals surface area contributed by atoms with Gasteiger partial charge in [-0.25, -0.2) is 0 Å². The van der Waals surface area contributed by atoms with Crippen molar-refractivity contribution < 1.29 is 28.9 Å². The van der Waals surface area contributed by atoms with Gasteiger partial charge in [0.2, 0.25) is 0 Å². The highest BCUT2D eigenvalue weighted by atomic mass is 35.7. The summed E-state index contributed by atoms with van der Waals surface area (Å²) < 4.78 is 32.7. The van der Waals surface area contributed by atoms with Gasteiger partial charge < -0.3 is 9.80 Å². The molecule has 0 saturated heterocycles. The second-order valence-electron chi connectivity index (χ2n) is 4.67. The molecule has 1 rings (SSSR count). The third kappa shape index (κ3) is 15.4. The van der Waals surface area contributed by atoms with Crippen molar-refractivity contribution in [1.29, 1.82) is 0 Å². The summed E-state index contributed by atoms with van der Waals surface area (Å²) in [6.45, 7) is 4.58. The molecule has 0 unspecified atom stereocenters. The molecule has 0 saturated carbocycles. The standard InChI is InChI=1S/C12H24N2.ClHO4/c1-3-4-5-6-7-8-9-14-11-10-13(2)12-14;2-1(3,4)5/h10-11H,3-9,12H2,1-2H3;(H,2,3,4,5). The molecule has 114 valence electrons. The molecule has 1 N–H and O–H groups in total. The van der Waals surface area contributed by atoms with Crippen LogP contribution in [0, 0.1) is 10.2 Å². The van der Waals surface area contributed by atoms with Crippen molar-refractivity contribution in [1.82, 2.24) is 9.80 Å². The molecule has 1 aliphatic heterocycles. The van der Waals surface area contributed by atoms with Crippen LogP contribution >= 0.6 is 0 Å². The van der Waals surface area contributed by atoms with Crippen LogP contribution < -0.4 is 14.0 Å². The minimum absolute atomic E-state index is 1.08. The number of rotatable bonds is 7. The first kappa shape index (κ1) is 18.5. The Morgan fingerprint density at radius 2 is 1.58 bits per heavy atom. The van der Waals surface area contributed by atoms with Gasteiger partial charge in [-0.15, -0.1) is 0 Å². The summed E-state index contributed by atoms with van der Waals surface area (Å²) in [5, 5.41) is 0. The van der Waals surface area contributed by atoms with Gasteiger partial charge in [0.05, 0.1) is 21.6 Å². The maximum Gasteiger partial charge on any atom is 0.0890 e. The highest BCUT2D eigenvalue weighted by Gasteiger charge is 2.06. The lowest BCUT2D eigenvalue weighted by molar-refractivity contribution is -1.92. The quantitative estimate of drug-likeness (QED) is 0.599. The van der Waals surface area contributed by atoms with Crippen LogP contribution in [0.25, 0.3) is 0 Å². The summed E-state index contributed by atoms with van der Waals surface area (Å²) in [6.07, 6.45) is 12.7. The zero-order chi connectivity index (χ0) is 14.7. The van der Waals surface area contributed by atoms with Gasteiger partial charge in [0, 0.05) is 26.0 Å². The first-order valence-electron chi connectivity index (χ1n) is 6.58. The maximum absolute atomic E-state index is 8.60. The molecule has 0 atom stereocenters. The van der Waals surface area contributed by atoms with Gasteiger partial charge >= 0.3 is 0 Å². The summed E-state index contributed by atoms with van der Waals surface area (Å²) >= 11 is 0. The van der Waals surface area contributed by atoms with Crippen LogP contribution in [-0.2, 0) is 0 Å². The number of hydrogen-bond acceptors (Lipinski definition) is 6. The third-order valence-corrected chi connectivity index (χ3v) is 2.74. The average Bonchev–Trinajstić information content (AvgIpc) is 2.67. The summed E-state index contributed by atoms with van der Waals surface area (Å²) in [5.74, 6) is 0. The highest BCUT2D eigenvalue weighted by Crippen LogP contribution is 2.08. The minimum Gasteiger partial charge on any atom is -0.362 e. The molecule has 0 bridgehead atoms. The monoisotopic (exact) mass is 296 g/mol. The molecule has 0 aliphatic carbocycles. The van der Waals surface area contributed by atoms with Gasteiger partial charge in [0.1, 0.15) is 0 Å². The van der Waals surface area contributed by atoms with Crippen LogP contribution in [0.2, 0.25) is 0 Å². The van der Waals surface area contributed by atoms with Crippen molar-refractivity contribution in [3.8, 4) is 0 Å². The van der Waals surface area contributed by atoms with E-state index in [0.717, 1.165) is 6.67 Å². The Bertz CT molecular complexity index is 240. The molecule has 0 radical (unpaired) electrons. The zero-order valence-electron chi connectivity index (χ0n) is 11.8. The Kier molecular flexibility index (Phi) is 9.99. The molecular weight excluding hydrogens is 272 g/mol. The van der Waals surface area contributed by atoms with Gasteiger partial charge in [-0.2, -0.15) is 14.0 Å². The molecule has 6 nitrogen and oxygen atoms in total. The Morgan fingerprint density at radius 3 is 2.05 bits per heavy atom. The molecule has 0 aromatic carbocycles. The molecule has 7 heteroatoms. The SMILES string of the molecule is CCCCCCCCN1C=CN(C)C1.[O-][Cl+3]([O-])([O-])O. The van der Waals surface area contributed by atoms with E-state index in [0.29, 0.717) is 0 Å². The van der Waals surface area contributed by atoms with Gasteiger partial charge in [-0.1, -0.05) is 39.0 Å². The fourth-order valence-electron chi connectivity index (χ4n) is 1.83. The number of unbranched alkanes of at least 4 members (excludes halogenated alkanes) is 5. The Morgan fingerprint density at radius 1 is 1.05 bits per heavy atom. The topological polar surface area (TPSA) is 95.9 Å². The van der Waals surface area contributed by atoms with Crippen molar-refractivity contribution in [2.24, 2.45) is 0 Å². The number of nitrogens with zero attached hydrogens (tertiary/aromatic N) is 2. The predicted molar refractivity (Wildman–Crippen MR) is 64.1 cm³/mol. The molecule has 1 heterocycles. The lowest BCUT2D eigenvalue weighted by atomic mass is 10.1. The fourth-order valence-corrected chi connectivity index (χ4v) is 1.83. The second kappa shape index (κ2) is 10.3. The highest BCUT2D eigenvalue weighted by molar-refractivity contribution is 4.88. The third-order valence-electron chi connectivity index (χ3n) is 2.74. The Hall–Kier alpha value is -0.530. The van der Waals surface area contributed by atoms with E-state index in [1.54, 1.807) is 0 Å². The molecule has 0 amide bonds. The molecule has 1 aliphatic rings. The Balaban J connectivity index is 0.000000555. The van der Waals surface area contributed by atoms with Crippen LogP contribution in [-0.4, -0.2) is 34.7 Å². The fraction of sp³-hybridized carbons (Fsp3) is 0.833. The van der Waals surface area contributed by atoms with E-state index < -0.39 is 10.2 Å². The van der Waals surface area contributed by atoms with E-state index >= 15 is 0 Å². The lowest BCUT2D eigenvalue weighted by Gasteiger charge is -2.17. The summed E-state index contributed by atoms with van der Waals surface area (Å²) in [4.78, 5) is 4.61. The van der Waals surface area contributed by atoms with E-state index in [2.05, 4.69) is 36.2 Å². The van der Waals surface area contributed by atoms with Crippen molar-refractivity contribution in [3.63, 3.8) is 0 Å². The van der Waals surface area contributed by atoms with Crippen LogP contribution in [0.4, 0.5) is 0 Å². The second-order valence-corrected chi connectivity index (χ2v) is 5.46. The first-order chi connectivity index (χ1) is 8.83. The molecule has 0 fully saturated rings. The zero-order valence-corrected chi connectivity index (χ0v) is 12.5. The average molecular weight is 297 g/mol. The van der Waals surface area contributed by atoms with E-state index in [4.69, 9.17) is 18.6 Å². The molecule has 19 heavy (non-hydrogen) atoms. The van der Waals surface area contributed by atoms with Crippen LogP contribution in [0.15, 0.2) is 12.4 Å². The normalized spacial score (nSPS) is 14.6. The van der Waals surface area contributed by atoms with E-state index in [1.165, 1.54) is 45.1 Å². The smallest absolute Gasteiger partial charge is 0.0890 e. The van der Waals surface area contributed by atoms with Crippen molar-refractivity contribution in [2.75, 3.05) is 20.3 Å². The van der Waals surface area contributed by atoms with E-state index in [1.807, 2.05) is 0 Å². The molecule has 0 aromatic rings. The number of halogens is 1. The van der Waals surface area contributed by atoms with Crippen molar-refractivity contribution in [3.05, 3.63) is 12.4 Å². The summed E-state index contributed by atoms with van der Waals surface area (Å²) in [7, 11) is -2.57. The minimum atomic E-state index is -4.69. The number of hydrogen-bond donors (Lipinski definition) is 1. The summed E-state index contributed by atoms with van der Waals surface area (Å²) in [6, 6.07) is 0. The van der Waals surface area contributed by atoms with Crippen LogP contribution in [0.3, 0.4) is 0 Å². The predicted octanol–water partition coefficient (Wildman–Crippen LogP) is -1.10. The first-order valence-corrected chi connectivity index (χ1v) is 7.85.